The van der Waals surface area contributed by atoms with Crippen LogP contribution in [0.1, 0.15) is 29.2 Å². The van der Waals surface area contributed by atoms with E-state index in [4.69, 9.17) is 0 Å². The van der Waals surface area contributed by atoms with Gasteiger partial charge >= 0.3 is 6.18 Å². The van der Waals surface area contributed by atoms with Crippen molar-refractivity contribution in [1.82, 2.24) is 4.90 Å². The average molecular weight is 421 g/mol. The number of aryl methyl sites for hydroxylation is 3. The number of hydrogen-bond acceptors (Lipinski definition) is 3. The fraction of sp³-hybridized carbons (Fsp3) is 0.364. The van der Waals surface area contributed by atoms with E-state index >= 15 is 0 Å². The van der Waals surface area contributed by atoms with Gasteiger partial charge in [0.15, 0.2) is 0 Å². The van der Waals surface area contributed by atoms with Crippen molar-refractivity contribution in [3.05, 3.63) is 58.7 Å². The normalized spacial score (nSPS) is 12.6. The third-order valence-electron chi connectivity index (χ3n) is 4.83. The lowest BCUT2D eigenvalue weighted by molar-refractivity contribution is -0.137. The largest absolute Gasteiger partial charge is 0.416 e. The van der Waals surface area contributed by atoms with E-state index in [-0.39, 0.29) is 18.1 Å². The Morgan fingerprint density at radius 1 is 1.03 bits per heavy atom. The Kier molecular flexibility index (Phi) is 7.25. The zero-order valence-corrected chi connectivity index (χ0v) is 17.6. The number of nitrogens with one attached hydrogen (secondary N) is 2. The van der Waals surface area contributed by atoms with Crippen molar-refractivity contribution < 1.29 is 22.8 Å². The number of halogens is 3. The zero-order valence-electron chi connectivity index (χ0n) is 17.6. The monoisotopic (exact) mass is 421 g/mol. The maximum Gasteiger partial charge on any atom is 0.416 e. The number of likely N-dealkylation sites (N-methyl/N-ethyl adjacent to an activating group) is 1. The van der Waals surface area contributed by atoms with Crippen molar-refractivity contribution in [3.8, 4) is 0 Å². The zero-order chi connectivity index (χ0) is 22.6. The summed E-state index contributed by atoms with van der Waals surface area (Å²) in [7, 11) is 1.60. The molecule has 0 unspecified atom stereocenters. The molecule has 2 amide bonds. The van der Waals surface area contributed by atoms with E-state index in [1.165, 1.54) is 17.0 Å². The van der Waals surface area contributed by atoms with Gasteiger partial charge in [0.1, 0.15) is 0 Å². The maximum absolute atomic E-state index is 12.8. The first-order chi connectivity index (χ1) is 13.9. The number of rotatable bonds is 6. The molecule has 0 aliphatic heterocycles. The minimum atomic E-state index is -4.49. The lowest BCUT2D eigenvalue weighted by Crippen LogP contribution is -2.43. The second kappa shape index (κ2) is 9.30. The van der Waals surface area contributed by atoms with Gasteiger partial charge in [0, 0.05) is 11.4 Å². The summed E-state index contributed by atoms with van der Waals surface area (Å²) in [5.41, 5.74) is 2.92. The van der Waals surface area contributed by atoms with Crippen molar-refractivity contribution >= 4 is 23.2 Å². The highest BCUT2D eigenvalue weighted by Gasteiger charge is 2.30. The highest BCUT2D eigenvalue weighted by atomic mass is 19.4. The van der Waals surface area contributed by atoms with Crippen LogP contribution in [0.25, 0.3) is 0 Å². The lowest BCUT2D eigenvalue weighted by atomic mass is 10.1. The number of carbonyl (C=O) groups is 2. The molecule has 0 spiro atoms. The van der Waals surface area contributed by atoms with E-state index < -0.39 is 23.7 Å². The second-order valence-corrected chi connectivity index (χ2v) is 7.48. The highest BCUT2D eigenvalue weighted by molar-refractivity contribution is 5.96. The van der Waals surface area contributed by atoms with Gasteiger partial charge in [-0.1, -0.05) is 23.8 Å². The van der Waals surface area contributed by atoms with Crippen LogP contribution in [0.2, 0.25) is 0 Å². The maximum atomic E-state index is 12.8. The van der Waals surface area contributed by atoms with E-state index in [1.54, 1.807) is 14.0 Å². The highest BCUT2D eigenvalue weighted by Crippen LogP contribution is 2.30. The predicted molar refractivity (Wildman–Crippen MR) is 111 cm³/mol. The van der Waals surface area contributed by atoms with Gasteiger partial charge in [-0.15, -0.1) is 0 Å². The quantitative estimate of drug-likeness (QED) is 0.721. The topological polar surface area (TPSA) is 61.4 Å². The molecule has 0 aromatic heterocycles. The molecular formula is C22H26F3N3O2. The standard InChI is InChI=1S/C22H26F3N3O2/c1-13-9-14(2)20(15(3)10-13)27-19(29)12-28(5)16(4)21(30)26-18-8-6-7-17(11-18)22(23,24)25/h6-11,16H,12H2,1-5H3,(H,26,30)(H,27,29)/t16-/m0/s1. The first kappa shape index (κ1) is 23.4. The molecule has 2 aromatic carbocycles. The van der Waals surface area contributed by atoms with Crippen molar-refractivity contribution in [3.63, 3.8) is 0 Å². The summed E-state index contributed by atoms with van der Waals surface area (Å²) in [6.45, 7) is 7.32. The average Bonchev–Trinajstić information content (AvgIpc) is 2.63. The van der Waals surface area contributed by atoms with Crippen LogP contribution in [-0.4, -0.2) is 36.3 Å². The first-order valence-corrected chi connectivity index (χ1v) is 9.44. The molecule has 8 heteroatoms. The molecule has 5 nitrogen and oxygen atoms in total. The number of amides is 2. The molecule has 0 fully saturated rings. The van der Waals surface area contributed by atoms with Crippen LogP contribution in [0.4, 0.5) is 24.5 Å². The molecular weight excluding hydrogens is 395 g/mol. The molecule has 162 valence electrons. The molecule has 0 saturated carbocycles. The summed E-state index contributed by atoms with van der Waals surface area (Å²) in [4.78, 5) is 26.4. The number of hydrogen-bond donors (Lipinski definition) is 2. The van der Waals surface area contributed by atoms with Gasteiger partial charge in [-0.2, -0.15) is 13.2 Å². The Labute approximate surface area is 174 Å². The van der Waals surface area contributed by atoms with Gasteiger partial charge < -0.3 is 10.6 Å². The van der Waals surface area contributed by atoms with E-state index in [0.29, 0.717) is 0 Å². The summed E-state index contributed by atoms with van der Waals surface area (Å²) >= 11 is 0. The molecule has 2 aromatic rings. The molecule has 30 heavy (non-hydrogen) atoms. The first-order valence-electron chi connectivity index (χ1n) is 9.44. The fourth-order valence-electron chi connectivity index (χ4n) is 3.14. The smallest absolute Gasteiger partial charge is 0.325 e. The van der Waals surface area contributed by atoms with E-state index in [2.05, 4.69) is 10.6 Å². The van der Waals surface area contributed by atoms with Gasteiger partial charge in [-0.25, -0.2) is 0 Å². The minimum Gasteiger partial charge on any atom is -0.325 e. The molecule has 0 heterocycles. The molecule has 0 bridgehead atoms. The van der Waals surface area contributed by atoms with Gasteiger partial charge in [0.25, 0.3) is 0 Å². The van der Waals surface area contributed by atoms with Gasteiger partial charge in [0.05, 0.1) is 18.2 Å². The molecule has 2 N–H and O–H groups in total. The fourth-order valence-corrected chi connectivity index (χ4v) is 3.14. The summed E-state index contributed by atoms with van der Waals surface area (Å²) in [6, 6.07) is 7.63. The predicted octanol–water partition coefficient (Wildman–Crippen LogP) is 4.53. The Balaban J connectivity index is 1.99. The minimum absolute atomic E-state index is 0.0467. The number of benzene rings is 2. The number of alkyl halides is 3. The molecule has 1 atom stereocenters. The van der Waals surface area contributed by atoms with Gasteiger partial charge in [-0.3, -0.25) is 14.5 Å². The van der Waals surface area contributed by atoms with Crippen LogP contribution in [0.3, 0.4) is 0 Å². The molecule has 0 radical (unpaired) electrons. The Hall–Kier alpha value is -2.87. The summed E-state index contributed by atoms with van der Waals surface area (Å²) in [5.74, 6) is -0.793. The summed E-state index contributed by atoms with van der Waals surface area (Å²) < 4.78 is 38.5. The molecule has 0 aliphatic rings. The van der Waals surface area contributed by atoms with Crippen LogP contribution in [-0.2, 0) is 15.8 Å². The molecule has 0 aliphatic carbocycles. The number of anilines is 2. The van der Waals surface area contributed by atoms with Crippen LogP contribution in [0.5, 0.6) is 0 Å². The summed E-state index contributed by atoms with van der Waals surface area (Å²) in [5, 5.41) is 5.34. The Morgan fingerprint density at radius 2 is 1.63 bits per heavy atom. The third-order valence-corrected chi connectivity index (χ3v) is 4.83. The van der Waals surface area contributed by atoms with Crippen LogP contribution in [0.15, 0.2) is 36.4 Å². The van der Waals surface area contributed by atoms with Crippen molar-refractivity contribution in [1.29, 1.82) is 0 Å². The Bertz CT molecular complexity index is 918. The van der Waals surface area contributed by atoms with Gasteiger partial charge in [0.2, 0.25) is 11.8 Å². The van der Waals surface area contributed by atoms with Gasteiger partial charge in [-0.05, 0) is 64.1 Å². The SMILES string of the molecule is Cc1cc(C)c(NC(=O)CN(C)[C@@H](C)C(=O)Nc2cccc(C(F)(F)F)c2)c(C)c1. The summed E-state index contributed by atoms with van der Waals surface area (Å²) in [6.07, 6.45) is -4.49. The van der Waals surface area contributed by atoms with Crippen LogP contribution in [0, 0.1) is 20.8 Å². The van der Waals surface area contributed by atoms with Crippen LogP contribution < -0.4 is 10.6 Å². The van der Waals surface area contributed by atoms with Crippen molar-refractivity contribution in [2.24, 2.45) is 0 Å². The van der Waals surface area contributed by atoms with Crippen molar-refractivity contribution in [2.45, 2.75) is 39.9 Å². The molecule has 0 saturated heterocycles. The lowest BCUT2D eigenvalue weighted by Gasteiger charge is -2.24. The van der Waals surface area contributed by atoms with E-state index in [9.17, 15) is 22.8 Å². The molecule has 2 rings (SSSR count). The van der Waals surface area contributed by atoms with Crippen LogP contribution >= 0.6 is 0 Å². The third kappa shape index (κ3) is 6.06. The van der Waals surface area contributed by atoms with Crippen molar-refractivity contribution in [2.75, 3.05) is 24.2 Å². The number of nitrogens with zero attached hydrogens (tertiary/aromatic N) is 1. The van der Waals surface area contributed by atoms with E-state index in [0.717, 1.165) is 34.5 Å². The second-order valence-electron chi connectivity index (χ2n) is 7.48. The Morgan fingerprint density at radius 3 is 2.20 bits per heavy atom. The number of carbonyl (C=O) groups excluding carboxylic acids is 2. The van der Waals surface area contributed by atoms with E-state index in [1.807, 2.05) is 32.9 Å².